The van der Waals surface area contributed by atoms with Crippen molar-refractivity contribution in [2.45, 2.75) is 24.1 Å². The number of aromatic nitrogens is 2. The second kappa shape index (κ2) is 9.32. The van der Waals surface area contributed by atoms with Gasteiger partial charge in [0.1, 0.15) is 11.1 Å². The average Bonchev–Trinajstić information content (AvgIpc) is 3.16. The van der Waals surface area contributed by atoms with Crippen molar-refractivity contribution >= 4 is 46.6 Å². The van der Waals surface area contributed by atoms with Crippen molar-refractivity contribution < 1.29 is 30.9 Å². The lowest BCUT2D eigenvalue weighted by molar-refractivity contribution is -0.775. The Labute approximate surface area is 205 Å². The van der Waals surface area contributed by atoms with Gasteiger partial charge < -0.3 is 9.26 Å². The van der Waals surface area contributed by atoms with E-state index in [4.69, 9.17) is 14.7 Å². The van der Waals surface area contributed by atoms with Crippen LogP contribution in [0.15, 0.2) is 50.4 Å². The highest BCUT2D eigenvalue weighted by molar-refractivity contribution is 9.10. The van der Waals surface area contributed by atoms with Crippen LogP contribution in [0.2, 0.25) is 0 Å². The molecule has 1 aromatic heterocycles. The fraction of sp³-hybridized carbons (Fsp3) is 0.400. The van der Waals surface area contributed by atoms with Crippen molar-refractivity contribution in [3.05, 3.63) is 46.6 Å². The predicted octanol–water partition coefficient (Wildman–Crippen LogP) is 0.721. The summed E-state index contributed by atoms with van der Waals surface area (Å²) >= 11 is 3.20. The lowest BCUT2D eigenvalue weighted by Crippen LogP contribution is -2.73. The van der Waals surface area contributed by atoms with Crippen LogP contribution in [-0.4, -0.2) is 58.5 Å². The van der Waals surface area contributed by atoms with Crippen LogP contribution in [0.4, 0.5) is 0 Å². The molecule has 14 heteroatoms. The van der Waals surface area contributed by atoms with E-state index >= 15 is 0 Å². The molecule has 1 atom stereocenters. The maximum atomic E-state index is 13.9. The summed E-state index contributed by atoms with van der Waals surface area (Å²) in [6, 6.07) is 10.1. The SMILES string of the molecule is CCOc1cccc2cc(S(=O)(=O)C3CN(S(=O)(=O)CC)CCN3[n+]3[n-]oc(=N)c3Br)ccc12. The van der Waals surface area contributed by atoms with Gasteiger partial charge in [0.15, 0.2) is 9.84 Å². The van der Waals surface area contributed by atoms with E-state index in [1.807, 2.05) is 13.0 Å². The average molecular weight is 574 g/mol. The van der Waals surface area contributed by atoms with Gasteiger partial charge in [0, 0.05) is 41.0 Å². The van der Waals surface area contributed by atoms with Crippen LogP contribution in [0.5, 0.6) is 5.75 Å². The second-order valence-electron chi connectivity index (χ2n) is 7.58. The largest absolute Gasteiger partial charge is 0.493 e. The molecule has 34 heavy (non-hydrogen) atoms. The Morgan fingerprint density at radius 1 is 1.21 bits per heavy atom. The van der Waals surface area contributed by atoms with Gasteiger partial charge in [-0.2, -0.15) is 0 Å². The van der Waals surface area contributed by atoms with Crippen LogP contribution < -0.4 is 25.4 Å². The summed E-state index contributed by atoms with van der Waals surface area (Å²) in [5.41, 5.74) is -0.283. The first-order chi connectivity index (χ1) is 16.1. The van der Waals surface area contributed by atoms with Gasteiger partial charge >= 0.3 is 10.2 Å². The minimum atomic E-state index is -4.09. The number of halogens is 1. The molecule has 0 spiro atoms. The first kappa shape index (κ1) is 24.7. The number of piperazine rings is 1. The zero-order valence-electron chi connectivity index (χ0n) is 18.5. The molecule has 3 aromatic rings. The van der Waals surface area contributed by atoms with Crippen molar-refractivity contribution in [2.75, 3.05) is 37.0 Å². The number of hydrogen-bond donors (Lipinski definition) is 1. The summed E-state index contributed by atoms with van der Waals surface area (Å²) < 4.78 is 64.7. The van der Waals surface area contributed by atoms with Gasteiger partial charge in [0.05, 0.1) is 17.3 Å². The van der Waals surface area contributed by atoms with Crippen molar-refractivity contribution in [3.63, 3.8) is 0 Å². The van der Waals surface area contributed by atoms with E-state index in [2.05, 4.69) is 21.2 Å². The number of benzene rings is 2. The van der Waals surface area contributed by atoms with Gasteiger partial charge in [-0.25, -0.2) is 21.1 Å². The lowest BCUT2D eigenvalue weighted by atomic mass is 10.1. The molecule has 0 saturated carbocycles. The van der Waals surface area contributed by atoms with Gasteiger partial charge in [-0.3, -0.25) is 10.4 Å². The number of sulfonamides is 1. The molecule has 1 aliphatic heterocycles. The van der Waals surface area contributed by atoms with Crippen LogP contribution in [0.3, 0.4) is 0 Å². The normalized spacial score (nSPS) is 17.9. The van der Waals surface area contributed by atoms with Crippen molar-refractivity contribution in [1.82, 2.24) is 9.58 Å². The van der Waals surface area contributed by atoms with E-state index in [0.29, 0.717) is 17.7 Å². The van der Waals surface area contributed by atoms with Crippen LogP contribution >= 0.6 is 15.9 Å². The van der Waals surface area contributed by atoms with E-state index in [9.17, 15) is 16.8 Å². The zero-order chi connectivity index (χ0) is 24.7. The summed E-state index contributed by atoms with van der Waals surface area (Å²) in [4.78, 5) is 1.18. The number of fused-ring (bicyclic) bond motifs is 1. The number of rotatable bonds is 7. The molecule has 1 unspecified atom stereocenters. The van der Waals surface area contributed by atoms with E-state index in [0.717, 1.165) is 10.2 Å². The molecule has 1 aliphatic rings. The maximum absolute atomic E-state index is 13.9. The Morgan fingerprint density at radius 2 is 1.97 bits per heavy atom. The van der Waals surface area contributed by atoms with Crippen LogP contribution in [0.1, 0.15) is 13.8 Å². The summed E-state index contributed by atoms with van der Waals surface area (Å²) in [6.45, 7) is 3.65. The van der Waals surface area contributed by atoms with Crippen LogP contribution in [0.25, 0.3) is 10.8 Å². The number of sulfone groups is 1. The van der Waals surface area contributed by atoms with Gasteiger partial charge in [0.2, 0.25) is 10.0 Å². The smallest absolute Gasteiger partial charge is 0.332 e. The lowest BCUT2D eigenvalue weighted by Gasteiger charge is -2.40. The molecule has 0 radical (unpaired) electrons. The topological polar surface area (TPSA) is 139 Å². The van der Waals surface area contributed by atoms with Crippen LogP contribution in [-0.2, 0) is 19.9 Å². The fourth-order valence-corrected chi connectivity index (χ4v) is 7.16. The molecule has 2 heterocycles. The number of hydrogen-bond acceptors (Lipinski definition) is 8. The molecule has 0 aliphatic carbocycles. The molecule has 1 fully saturated rings. The quantitative estimate of drug-likeness (QED) is 0.408. The molecule has 2 aromatic carbocycles. The second-order valence-corrected chi connectivity index (χ2v) is 12.7. The molecule has 0 amide bonds. The molecule has 0 bridgehead atoms. The van der Waals surface area contributed by atoms with Crippen molar-refractivity contribution in [3.8, 4) is 5.75 Å². The highest BCUT2D eigenvalue weighted by atomic mass is 79.9. The maximum Gasteiger partial charge on any atom is 0.332 e. The predicted molar refractivity (Wildman–Crippen MR) is 126 cm³/mol. The third kappa shape index (κ3) is 4.34. The molecular formula is C20H24BrN5O6S2. The van der Waals surface area contributed by atoms with E-state index in [1.165, 1.54) is 22.3 Å². The van der Waals surface area contributed by atoms with Gasteiger partial charge in [-0.05, 0) is 48.8 Å². The van der Waals surface area contributed by atoms with Gasteiger partial charge in [-0.15, -0.1) is 0 Å². The summed E-state index contributed by atoms with van der Waals surface area (Å²) in [5, 5.41) is 13.1. The first-order valence-electron chi connectivity index (χ1n) is 10.5. The number of ether oxygens (including phenoxy) is 1. The van der Waals surface area contributed by atoms with Crippen LogP contribution in [0, 0.1) is 5.41 Å². The Morgan fingerprint density at radius 3 is 2.62 bits per heavy atom. The first-order valence-corrected chi connectivity index (χ1v) is 14.5. The number of nitrogens with zero attached hydrogens (tertiary/aromatic N) is 4. The highest BCUT2D eigenvalue weighted by Crippen LogP contribution is 2.30. The number of nitrogens with one attached hydrogen (secondary N) is 1. The van der Waals surface area contributed by atoms with E-state index in [1.54, 1.807) is 24.3 Å². The Balaban J connectivity index is 1.82. The molecule has 1 saturated heterocycles. The summed E-state index contributed by atoms with van der Waals surface area (Å²) in [7, 11) is -7.72. The van der Waals surface area contributed by atoms with E-state index < -0.39 is 25.2 Å². The fourth-order valence-electron chi connectivity index (χ4n) is 3.88. The van der Waals surface area contributed by atoms with Crippen molar-refractivity contribution in [1.29, 1.82) is 5.41 Å². The Kier molecular flexibility index (Phi) is 6.77. The standard InChI is InChI=1S/C20H24BrN5O6S2/c1-3-31-17-7-5-6-14-12-15(8-9-16(14)17)34(29,30)18-13-24(33(27,28)4-2)10-11-25(18)26-19(21)20(22)32-23-26/h5-9,12,18,22H,3-4,10-11,13H2,1-2H3. The third-order valence-corrected chi connectivity index (χ3v) is 10.2. The molecule has 1 N–H and O–H groups in total. The zero-order valence-corrected chi connectivity index (χ0v) is 21.7. The minimum Gasteiger partial charge on any atom is -0.493 e. The summed E-state index contributed by atoms with van der Waals surface area (Å²) in [6.07, 6.45) is 0. The molecule has 4 rings (SSSR count). The molecular weight excluding hydrogens is 550 g/mol. The van der Waals surface area contributed by atoms with Crippen molar-refractivity contribution in [2.24, 2.45) is 0 Å². The highest BCUT2D eigenvalue weighted by Gasteiger charge is 2.42. The van der Waals surface area contributed by atoms with E-state index in [-0.39, 0.29) is 40.4 Å². The van der Waals surface area contributed by atoms with Gasteiger partial charge in [0.25, 0.3) is 0 Å². The Bertz CT molecular complexity index is 1480. The monoisotopic (exact) mass is 573 g/mol. The third-order valence-electron chi connectivity index (χ3n) is 5.64. The minimum absolute atomic E-state index is 0.0282. The molecule has 184 valence electrons. The van der Waals surface area contributed by atoms with Gasteiger partial charge in [-0.1, -0.05) is 16.9 Å². The molecule has 11 nitrogen and oxygen atoms in total. The summed E-state index contributed by atoms with van der Waals surface area (Å²) in [5.74, 6) is 0.502. The Hall–Kier alpha value is -2.42.